The van der Waals surface area contributed by atoms with Crippen LogP contribution < -0.4 is 10.6 Å². The Balaban J connectivity index is 1.68. The first kappa shape index (κ1) is 15.5. The van der Waals surface area contributed by atoms with E-state index in [4.69, 9.17) is 0 Å². The van der Waals surface area contributed by atoms with Gasteiger partial charge in [-0.25, -0.2) is 13.2 Å². The van der Waals surface area contributed by atoms with E-state index >= 15 is 0 Å². The van der Waals surface area contributed by atoms with Gasteiger partial charge in [0.2, 0.25) is 0 Å². The van der Waals surface area contributed by atoms with Gasteiger partial charge in [0.15, 0.2) is 9.84 Å². The van der Waals surface area contributed by atoms with Crippen LogP contribution in [0.2, 0.25) is 0 Å². The van der Waals surface area contributed by atoms with Crippen molar-refractivity contribution in [2.45, 2.75) is 18.9 Å². The largest absolute Gasteiger partial charge is 0.332 e. The van der Waals surface area contributed by atoms with Crippen LogP contribution >= 0.6 is 0 Å². The molecule has 0 bridgehead atoms. The van der Waals surface area contributed by atoms with Crippen molar-refractivity contribution in [1.82, 2.24) is 15.5 Å². The molecular weight excluding hydrogens is 316 g/mol. The normalized spacial score (nSPS) is 22.7. The highest BCUT2D eigenvalue weighted by molar-refractivity contribution is 7.91. The van der Waals surface area contributed by atoms with Gasteiger partial charge in [-0.3, -0.25) is 5.10 Å². The Labute approximate surface area is 134 Å². The van der Waals surface area contributed by atoms with Crippen LogP contribution in [-0.2, 0) is 9.84 Å². The third-order valence-corrected chi connectivity index (χ3v) is 5.75. The van der Waals surface area contributed by atoms with E-state index in [2.05, 4.69) is 20.8 Å². The second kappa shape index (κ2) is 5.69. The zero-order chi connectivity index (χ0) is 16.5. The van der Waals surface area contributed by atoms with Crippen molar-refractivity contribution < 1.29 is 13.2 Å². The van der Waals surface area contributed by atoms with Crippen molar-refractivity contribution in [3.63, 3.8) is 0 Å². The van der Waals surface area contributed by atoms with E-state index in [1.165, 1.54) is 0 Å². The van der Waals surface area contributed by atoms with E-state index in [0.717, 1.165) is 11.3 Å². The summed E-state index contributed by atoms with van der Waals surface area (Å²) in [6, 6.07) is 8.75. The SMILES string of the molecule is CC1(NC(=O)Nc2cccc(-c3ccn[nH]3)c2)CCS(=O)(=O)C1. The van der Waals surface area contributed by atoms with E-state index < -0.39 is 21.4 Å². The molecule has 1 unspecified atom stereocenters. The van der Waals surface area contributed by atoms with Gasteiger partial charge in [-0.15, -0.1) is 0 Å². The van der Waals surface area contributed by atoms with Gasteiger partial charge in [0.1, 0.15) is 0 Å². The van der Waals surface area contributed by atoms with Crippen LogP contribution in [0, 0.1) is 0 Å². The average Bonchev–Trinajstić information content (AvgIpc) is 3.07. The van der Waals surface area contributed by atoms with Crippen LogP contribution in [0.5, 0.6) is 0 Å². The summed E-state index contributed by atoms with van der Waals surface area (Å²) < 4.78 is 23.2. The van der Waals surface area contributed by atoms with E-state index in [9.17, 15) is 13.2 Å². The number of nitrogens with zero attached hydrogens (tertiary/aromatic N) is 1. The van der Waals surface area contributed by atoms with Crippen molar-refractivity contribution in [1.29, 1.82) is 0 Å². The molecule has 1 aliphatic rings. The lowest BCUT2D eigenvalue weighted by Crippen LogP contribution is -2.48. The second-order valence-electron chi connectivity index (χ2n) is 6.03. The molecule has 122 valence electrons. The molecule has 2 aromatic rings. The number of nitrogens with one attached hydrogen (secondary N) is 3. The van der Waals surface area contributed by atoms with Crippen molar-refractivity contribution in [2.75, 3.05) is 16.8 Å². The topological polar surface area (TPSA) is 104 Å². The summed E-state index contributed by atoms with van der Waals surface area (Å²) in [6.07, 6.45) is 2.08. The van der Waals surface area contributed by atoms with Gasteiger partial charge < -0.3 is 10.6 Å². The minimum atomic E-state index is -3.06. The Morgan fingerprint density at radius 2 is 2.17 bits per heavy atom. The van der Waals surface area contributed by atoms with Crippen molar-refractivity contribution in [2.24, 2.45) is 0 Å². The molecule has 0 saturated carbocycles. The maximum Gasteiger partial charge on any atom is 0.319 e. The summed E-state index contributed by atoms with van der Waals surface area (Å²) in [5, 5.41) is 12.3. The minimum absolute atomic E-state index is 0.0262. The first-order chi connectivity index (χ1) is 10.9. The molecular formula is C15H18N4O3S. The molecule has 0 radical (unpaired) electrons. The number of anilines is 1. The molecule has 1 aliphatic heterocycles. The number of aromatic amines is 1. The number of hydrogen-bond donors (Lipinski definition) is 3. The summed E-state index contributed by atoms with van der Waals surface area (Å²) in [7, 11) is -3.06. The average molecular weight is 334 g/mol. The van der Waals surface area contributed by atoms with Gasteiger partial charge in [-0.2, -0.15) is 5.10 Å². The van der Waals surface area contributed by atoms with Crippen molar-refractivity contribution in [3.05, 3.63) is 36.5 Å². The molecule has 1 aromatic heterocycles. The molecule has 1 saturated heterocycles. The fourth-order valence-electron chi connectivity index (χ4n) is 2.73. The standard InChI is InChI=1S/C15H18N4O3S/c1-15(6-8-23(21,22)10-15)18-14(20)17-12-4-2-3-11(9-12)13-5-7-16-19-13/h2-5,7,9H,6,8,10H2,1H3,(H,16,19)(H2,17,18,20). The molecule has 1 aromatic carbocycles. The number of aromatic nitrogens is 2. The Morgan fingerprint density at radius 3 is 2.83 bits per heavy atom. The predicted octanol–water partition coefficient (Wildman–Crippen LogP) is 1.78. The van der Waals surface area contributed by atoms with E-state index in [0.29, 0.717) is 12.1 Å². The van der Waals surface area contributed by atoms with Gasteiger partial charge in [0.05, 0.1) is 22.7 Å². The summed E-state index contributed by atoms with van der Waals surface area (Å²) in [6.45, 7) is 1.75. The second-order valence-corrected chi connectivity index (χ2v) is 8.22. The number of rotatable bonds is 3. The number of benzene rings is 1. The van der Waals surface area contributed by atoms with Crippen LogP contribution in [0.3, 0.4) is 0 Å². The van der Waals surface area contributed by atoms with Crippen LogP contribution in [-0.4, -0.2) is 41.7 Å². The molecule has 0 spiro atoms. The molecule has 3 rings (SSSR count). The third kappa shape index (κ3) is 3.70. The lowest BCUT2D eigenvalue weighted by Gasteiger charge is -2.24. The fraction of sp³-hybridized carbons (Fsp3) is 0.333. The molecule has 0 aliphatic carbocycles. The van der Waals surface area contributed by atoms with E-state index in [-0.39, 0.29) is 11.5 Å². The number of H-pyrrole nitrogens is 1. The molecule has 2 heterocycles. The third-order valence-electron chi connectivity index (χ3n) is 3.85. The summed E-state index contributed by atoms with van der Waals surface area (Å²) >= 11 is 0. The summed E-state index contributed by atoms with van der Waals surface area (Å²) in [5.41, 5.74) is 1.65. The van der Waals surface area contributed by atoms with Crippen LogP contribution in [0.15, 0.2) is 36.5 Å². The van der Waals surface area contributed by atoms with Gasteiger partial charge in [-0.05, 0) is 31.5 Å². The number of carbonyl (C=O) groups excluding carboxylic acids is 1. The quantitative estimate of drug-likeness (QED) is 0.796. The maximum absolute atomic E-state index is 12.1. The highest BCUT2D eigenvalue weighted by Gasteiger charge is 2.39. The lowest BCUT2D eigenvalue weighted by molar-refractivity contribution is 0.242. The summed E-state index contributed by atoms with van der Waals surface area (Å²) in [5.74, 6) is 0.0840. The Bertz CT molecular complexity index is 817. The zero-order valence-corrected chi connectivity index (χ0v) is 13.5. The minimum Gasteiger partial charge on any atom is -0.332 e. The van der Waals surface area contributed by atoms with Crippen LogP contribution in [0.4, 0.5) is 10.5 Å². The molecule has 23 heavy (non-hydrogen) atoms. The fourth-order valence-corrected chi connectivity index (χ4v) is 4.82. The smallest absolute Gasteiger partial charge is 0.319 e. The molecule has 3 N–H and O–H groups in total. The number of sulfone groups is 1. The van der Waals surface area contributed by atoms with Crippen LogP contribution in [0.1, 0.15) is 13.3 Å². The number of urea groups is 1. The van der Waals surface area contributed by atoms with Crippen molar-refractivity contribution >= 4 is 21.6 Å². The molecule has 8 heteroatoms. The van der Waals surface area contributed by atoms with E-state index in [1.54, 1.807) is 19.2 Å². The lowest BCUT2D eigenvalue weighted by atomic mass is 10.0. The first-order valence-corrected chi connectivity index (χ1v) is 9.07. The van der Waals surface area contributed by atoms with Gasteiger partial charge in [0.25, 0.3) is 0 Å². The molecule has 1 fully saturated rings. The van der Waals surface area contributed by atoms with Crippen molar-refractivity contribution in [3.8, 4) is 11.3 Å². The Hall–Kier alpha value is -2.35. The van der Waals surface area contributed by atoms with Gasteiger partial charge >= 0.3 is 6.03 Å². The number of amides is 2. The summed E-state index contributed by atoms with van der Waals surface area (Å²) in [4.78, 5) is 12.1. The van der Waals surface area contributed by atoms with Gasteiger partial charge in [0, 0.05) is 17.4 Å². The van der Waals surface area contributed by atoms with E-state index in [1.807, 2.05) is 24.3 Å². The predicted molar refractivity (Wildman–Crippen MR) is 87.9 cm³/mol. The first-order valence-electron chi connectivity index (χ1n) is 7.25. The molecule has 7 nitrogen and oxygen atoms in total. The Morgan fingerprint density at radius 1 is 1.35 bits per heavy atom. The highest BCUT2D eigenvalue weighted by Crippen LogP contribution is 2.24. The maximum atomic E-state index is 12.1. The Kier molecular flexibility index (Phi) is 3.85. The molecule has 1 atom stereocenters. The monoisotopic (exact) mass is 334 g/mol. The van der Waals surface area contributed by atoms with Crippen LogP contribution in [0.25, 0.3) is 11.3 Å². The zero-order valence-electron chi connectivity index (χ0n) is 12.7. The number of hydrogen-bond acceptors (Lipinski definition) is 4. The molecule has 2 amide bonds. The van der Waals surface area contributed by atoms with Gasteiger partial charge in [-0.1, -0.05) is 12.1 Å². The highest BCUT2D eigenvalue weighted by atomic mass is 32.2. The number of carbonyl (C=O) groups is 1.